The van der Waals surface area contributed by atoms with Gasteiger partial charge >= 0.3 is 0 Å². The molecule has 1 atom stereocenters. The minimum absolute atomic E-state index is 0.455. The van der Waals surface area contributed by atoms with Gasteiger partial charge in [0.05, 0.1) is 0 Å². The van der Waals surface area contributed by atoms with Crippen molar-refractivity contribution in [3.8, 4) is 0 Å². The third-order valence-corrected chi connectivity index (χ3v) is 3.30. The van der Waals surface area contributed by atoms with Crippen molar-refractivity contribution in [1.82, 2.24) is 0 Å². The predicted molar refractivity (Wildman–Crippen MR) is 78.5 cm³/mol. The van der Waals surface area contributed by atoms with Crippen LogP contribution in [0.25, 0.3) is 5.57 Å². The van der Waals surface area contributed by atoms with Gasteiger partial charge in [0.2, 0.25) is 0 Å². The lowest BCUT2D eigenvalue weighted by Crippen LogP contribution is -1.93. The quantitative estimate of drug-likeness (QED) is 0.582. The number of benzene rings is 1. The molecule has 1 rings (SSSR count). The molecule has 0 aliphatic heterocycles. The summed E-state index contributed by atoms with van der Waals surface area (Å²) in [7, 11) is 0. The van der Waals surface area contributed by atoms with Gasteiger partial charge in [-0.25, -0.2) is 0 Å². The Bertz CT molecular complexity index is 404. The molecule has 0 spiro atoms. The molecule has 0 aliphatic rings. The first-order valence-electron chi connectivity index (χ1n) is 6.17. The number of rotatable bonds is 6. The van der Waals surface area contributed by atoms with Crippen LogP contribution in [-0.4, -0.2) is 0 Å². The SMILES string of the molecule is C=CC(C)CC(=C)c1ccc(CCC)c(Cl)c1. The lowest BCUT2D eigenvalue weighted by Gasteiger charge is -2.11. The Hall–Kier alpha value is -1.01. The van der Waals surface area contributed by atoms with E-state index in [4.69, 9.17) is 11.6 Å². The summed E-state index contributed by atoms with van der Waals surface area (Å²) in [4.78, 5) is 0. The minimum Gasteiger partial charge on any atom is -0.103 e. The molecule has 0 bridgehead atoms. The summed E-state index contributed by atoms with van der Waals surface area (Å²) < 4.78 is 0. The molecule has 17 heavy (non-hydrogen) atoms. The van der Waals surface area contributed by atoms with E-state index in [9.17, 15) is 0 Å². The zero-order valence-corrected chi connectivity index (χ0v) is 11.6. The van der Waals surface area contributed by atoms with Crippen LogP contribution in [0.5, 0.6) is 0 Å². The van der Waals surface area contributed by atoms with Gasteiger partial charge in [0.25, 0.3) is 0 Å². The maximum atomic E-state index is 6.26. The fourth-order valence-corrected chi connectivity index (χ4v) is 2.10. The van der Waals surface area contributed by atoms with E-state index in [1.54, 1.807) is 0 Å². The molecule has 0 saturated carbocycles. The number of aryl methyl sites for hydroxylation is 1. The lowest BCUT2D eigenvalue weighted by molar-refractivity contribution is 0.759. The second-order valence-corrected chi connectivity index (χ2v) is 4.98. The van der Waals surface area contributed by atoms with Crippen LogP contribution < -0.4 is 0 Å². The van der Waals surface area contributed by atoms with E-state index in [-0.39, 0.29) is 0 Å². The van der Waals surface area contributed by atoms with Gasteiger partial charge in [-0.05, 0) is 41.5 Å². The highest BCUT2D eigenvalue weighted by atomic mass is 35.5. The smallest absolute Gasteiger partial charge is 0.0444 e. The van der Waals surface area contributed by atoms with Crippen LogP contribution in [0.3, 0.4) is 0 Å². The molecule has 0 amide bonds. The Morgan fingerprint density at radius 1 is 1.47 bits per heavy atom. The zero-order chi connectivity index (χ0) is 12.8. The van der Waals surface area contributed by atoms with E-state index >= 15 is 0 Å². The van der Waals surface area contributed by atoms with Gasteiger partial charge in [-0.2, -0.15) is 0 Å². The van der Waals surface area contributed by atoms with Crippen molar-refractivity contribution in [2.75, 3.05) is 0 Å². The van der Waals surface area contributed by atoms with Crippen LogP contribution in [0.4, 0.5) is 0 Å². The van der Waals surface area contributed by atoms with Crippen LogP contribution in [-0.2, 0) is 6.42 Å². The van der Waals surface area contributed by atoms with E-state index < -0.39 is 0 Å². The average molecular weight is 249 g/mol. The molecule has 1 aromatic carbocycles. The van der Waals surface area contributed by atoms with E-state index in [1.165, 1.54) is 5.56 Å². The molecule has 0 aromatic heterocycles. The first-order chi connectivity index (χ1) is 8.08. The largest absolute Gasteiger partial charge is 0.103 e. The molecule has 0 radical (unpaired) electrons. The lowest BCUT2D eigenvalue weighted by atomic mass is 9.95. The van der Waals surface area contributed by atoms with Crippen molar-refractivity contribution in [2.45, 2.75) is 33.1 Å². The number of hydrogen-bond donors (Lipinski definition) is 0. The Morgan fingerprint density at radius 3 is 2.71 bits per heavy atom. The Morgan fingerprint density at radius 2 is 2.18 bits per heavy atom. The van der Waals surface area contributed by atoms with Gasteiger partial charge in [-0.1, -0.05) is 56.7 Å². The van der Waals surface area contributed by atoms with Gasteiger partial charge in [-0.3, -0.25) is 0 Å². The van der Waals surface area contributed by atoms with Crippen LogP contribution in [0.15, 0.2) is 37.4 Å². The first kappa shape index (κ1) is 14.1. The number of halogens is 1. The van der Waals surface area contributed by atoms with Gasteiger partial charge in [-0.15, -0.1) is 6.58 Å². The van der Waals surface area contributed by atoms with Crippen LogP contribution in [0, 0.1) is 5.92 Å². The fraction of sp³-hybridized carbons (Fsp3) is 0.375. The Balaban J connectivity index is 2.82. The highest BCUT2D eigenvalue weighted by molar-refractivity contribution is 6.31. The normalized spacial score (nSPS) is 12.2. The van der Waals surface area contributed by atoms with E-state index in [0.29, 0.717) is 5.92 Å². The molecule has 92 valence electrons. The van der Waals surface area contributed by atoms with Crippen molar-refractivity contribution in [3.05, 3.63) is 53.6 Å². The third kappa shape index (κ3) is 4.05. The molecule has 0 heterocycles. The van der Waals surface area contributed by atoms with Crippen LogP contribution >= 0.6 is 11.6 Å². The molecule has 0 aliphatic carbocycles. The van der Waals surface area contributed by atoms with E-state index in [1.807, 2.05) is 12.1 Å². The van der Waals surface area contributed by atoms with Crippen molar-refractivity contribution in [1.29, 1.82) is 0 Å². The second-order valence-electron chi connectivity index (χ2n) is 4.58. The molecule has 0 saturated heterocycles. The van der Waals surface area contributed by atoms with Crippen molar-refractivity contribution in [2.24, 2.45) is 5.92 Å². The summed E-state index contributed by atoms with van der Waals surface area (Å²) in [5.41, 5.74) is 3.49. The van der Waals surface area contributed by atoms with Crippen molar-refractivity contribution < 1.29 is 0 Å². The molecule has 1 aromatic rings. The summed E-state index contributed by atoms with van der Waals surface area (Å²) in [6, 6.07) is 6.27. The molecule has 1 heteroatoms. The van der Waals surface area contributed by atoms with E-state index in [0.717, 1.165) is 35.4 Å². The maximum absolute atomic E-state index is 6.26. The maximum Gasteiger partial charge on any atom is 0.0444 e. The second kappa shape index (κ2) is 6.66. The highest BCUT2D eigenvalue weighted by Crippen LogP contribution is 2.26. The first-order valence-corrected chi connectivity index (χ1v) is 6.55. The van der Waals surface area contributed by atoms with Gasteiger partial charge < -0.3 is 0 Å². The summed E-state index contributed by atoms with van der Waals surface area (Å²) in [5.74, 6) is 0.455. The highest BCUT2D eigenvalue weighted by Gasteiger charge is 2.06. The number of hydrogen-bond acceptors (Lipinski definition) is 0. The summed E-state index contributed by atoms with van der Waals surface area (Å²) >= 11 is 6.26. The van der Waals surface area contributed by atoms with Gasteiger partial charge in [0.1, 0.15) is 0 Å². The Labute approximate surface area is 110 Å². The standard InChI is InChI=1S/C16H21Cl/c1-5-7-14-8-9-15(11-16(14)17)13(4)10-12(3)6-2/h6,8-9,11-12H,2,4-5,7,10H2,1,3H3. The number of allylic oxidation sites excluding steroid dienone is 2. The molecule has 0 N–H and O–H groups in total. The summed E-state index contributed by atoms with van der Waals surface area (Å²) in [6.07, 6.45) is 5.05. The van der Waals surface area contributed by atoms with E-state index in [2.05, 4.69) is 39.1 Å². The average Bonchev–Trinajstić information content (AvgIpc) is 2.31. The molecule has 1 unspecified atom stereocenters. The van der Waals surface area contributed by atoms with Crippen molar-refractivity contribution >= 4 is 17.2 Å². The van der Waals surface area contributed by atoms with Gasteiger partial charge in [0, 0.05) is 5.02 Å². The van der Waals surface area contributed by atoms with Crippen LogP contribution in [0.2, 0.25) is 5.02 Å². The monoisotopic (exact) mass is 248 g/mol. The summed E-state index contributed by atoms with van der Waals surface area (Å²) in [5, 5.41) is 0.858. The predicted octanol–water partition coefficient (Wildman–Crippen LogP) is 5.52. The minimum atomic E-state index is 0.455. The molecule has 0 nitrogen and oxygen atoms in total. The molecule has 0 fully saturated rings. The fourth-order valence-electron chi connectivity index (χ4n) is 1.83. The summed E-state index contributed by atoms with van der Waals surface area (Å²) in [6.45, 7) is 12.2. The topological polar surface area (TPSA) is 0 Å². The zero-order valence-electron chi connectivity index (χ0n) is 10.8. The van der Waals surface area contributed by atoms with Crippen LogP contribution in [0.1, 0.15) is 37.8 Å². The van der Waals surface area contributed by atoms with Gasteiger partial charge in [0.15, 0.2) is 0 Å². The van der Waals surface area contributed by atoms with Crippen molar-refractivity contribution in [3.63, 3.8) is 0 Å². The molecular formula is C16H21Cl. The Kier molecular flexibility index (Phi) is 5.50. The molecular weight excluding hydrogens is 228 g/mol. The third-order valence-electron chi connectivity index (χ3n) is 2.95.